The smallest absolute Gasteiger partial charge is 0.352 e. The number of piperidine rings is 1. The van der Waals surface area contributed by atoms with E-state index in [2.05, 4.69) is 10.2 Å². The highest BCUT2D eigenvalue weighted by molar-refractivity contribution is 5.94. The standard InChI is InChI=1S/C21H30F3N3O2/c1-20(2,3)26(4)18(28)14-27-10-8-15(9-11-27)13-25-19(29)16-6-5-7-17(12-16)21(22,23)24/h5-7,12,15H,8-11,13-14H2,1-4H3,(H,25,29). The van der Waals surface area contributed by atoms with Crippen molar-refractivity contribution in [2.75, 3.05) is 33.2 Å². The van der Waals surface area contributed by atoms with Gasteiger partial charge in [0, 0.05) is 24.7 Å². The van der Waals surface area contributed by atoms with Crippen molar-refractivity contribution < 1.29 is 22.8 Å². The third-order valence-electron chi connectivity index (χ3n) is 5.45. The van der Waals surface area contributed by atoms with Crippen molar-refractivity contribution in [2.24, 2.45) is 5.92 Å². The van der Waals surface area contributed by atoms with Crippen molar-refractivity contribution in [3.8, 4) is 0 Å². The van der Waals surface area contributed by atoms with Crippen molar-refractivity contribution in [2.45, 2.75) is 45.3 Å². The van der Waals surface area contributed by atoms with Crippen LogP contribution in [-0.4, -0.2) is 60.4 Å². The molecule has 2 rings (SSSR count). The SMILES string of the molecule is CN(C(=O)CN1CCC(CNC(=O)c2cccc(C(F)(F)F)c2)CC1)C(C)(C)C. The fraction of sp³-hybridized carbons (Fsp3) is 0.619. The number of benzene rings is 1. The molecule has 0 saturated carbocycles. The second kappa shape index (κ2) is 9.15. The van der Waals surface area contributed by atoms with E-state index >= 15 is 0 Å². The number of rotatable bonds is 5. The fourth-order valence-corrected chi connectivity index (χ4v) is 3.20. The number of hydrogen-bond acceptors (Lipinski definition) is 3. The highest BCUT2D eigenvalue weighted by Gasteiger charge is 2.31. The lowest BCUT2D eigenvalue weighted by atomic mass is 9.96. The monoisotopic (exact) mass is 413 g/mol. The molecule has 1 N–H and O–H groups in total. The Morgan fingerprint density at radius 3 is 2.34 bits per heavy atom. The van der Waals surface area contributed by atoms with Crippen molar-refractivity contribution in [1.29, 1.82) is 0 Å². The first-order valence-electron chi connectivity index (χ1n) is 9.82. The molecule has 0 unspecified atom stereocenters. The van der Waals surface area contributed by atoms with E-state index in [1.807, 2.05) is 20.8 Å². The predicted molar refractivity (Wildman–Crippen MR) is 105 cm³/mol. The van der Waals surface area contributed by atoms with E-state index in [-0.39, 0.29) is 22.9 Å². The van der Waals surface area contributed by atoms with Crippen LogP contribution in [0.1, 0.15) is 49.5 Å². The highest BCUT2D eigenvalue weighted by atomic mass is 19.4. The summed E-state index contributed by atoms with van der Waals surface area (Å²) in [5.74, 6) is -0.175. The lowest BCUT2D eigenvalue weighted by molar-refractivity contribution is -0.137. The van der Waals surface area contributed by atoms with Crippen LogP contribution in [-0.2, 0) is 11.0 Å². The van der Waals surface area contributed by atoms with Crippen LogP contribution in [0.15, 0.2) is 24.3 Å². The van der Waals surface area contributed by atoms with Crippen LogP contribution in [0.4, 0.5) is 13.2 Å². The Morgan fingerprint density at radius 1 is 1.17 bits per heavy atom. The van der Waals surface area contributed by atoms with Crippen molar-refractivity contribution in [1.82, 2.24) is 15.1 Å². The molecule has 0 atom stereocenters. The highest BCUT2D eigenvalue weighted by Crippen LogP contribution is 2.29. The van der Waals surface area contributed by atoms with Crippen LogP contribution in [0.5, 0.6) is 0 Å². The summed E-state index contributed by atoms with van der Waals surface area (Å²) in [6, 6.07) is 4.44. The molecule has 1 saturated heterocycles. The van der Waals surface area contributed by atoms with Gasteiger partial charge in [-0.05, 0) is 70.8 Å². The molecule has 0 aliphatic carbocycles. The Balaban J connectivity index is 1.79. The second-order valence-corrected chi connectivity index (χ2v) is 8.63. The van der Waals surface area contributed by atoms with Gasteiger partial charge in [-0.1, -0.05) is 6.07 Å². The Labute approximate surface area is 170 Å². The Morgan fingerprint density at radius 2 is 1.79 bits per heavy atom. The summed E-state index contributed by atoms with van der Waals surface area (Å²) in [5, 5.41) is 2.74. The van der Waals surface area contributed by atoms with Gasteiger partial charge in [0.2, 0.25) is 5.91 Å². The quantitative estimate of drug-likeness (QED) is 0.805. The predicted octanol–water partition coefficient (Wildman–Crippen LogP) is 3.40. The number of nitrogens with one attached hydrogen (secondary N) is 1. The van der Waals surface area contributed by atoms with Crippen LogP contribution in [0.25, 0.3) is 0 Å². The number of hydrogen-bond donors (Lipinski definition) is 1. The van der Waals surface area contributed by atoms with Crippen LogP contribution < -0.4 is 5.32 Å². The fourth-order valence-electron chi connectivity index (χ4n) is 3.20. The molecule has 29 heavy (non-hydrogen) atoms. The zero-order chi connectivity index (χ0) is 21.8. The summed E-state index contributed by atoms with van der Waals surface area (Å²) < 4.78 is 38.4. The van der Waals surface area contributed by atoms with Crippen LogP contribution in [0, 0.1) is 5.92 Å². The maximum absolute atomic E-state index is 12.8. The minimum atomic E-state index is -4.47. The number of halogens is 3. The number of amides is 2. The number of carbonyl (C=O) groups excluding carboxylic acids is 2. The van der Waals surface area contributed by atoms with Gasteiger partial charge >= 0.3 is 6.18 Å². The van der Waals surface area contributed by atoms with E-state index in [4.69, 9.17) is 0 Å². The maximum atomic E-state index is 12.8. The minimum Gasteiger partial charge on any atom is -0.352 e. The summed E-state index contributed by atoms with van der Waals surface area (Å²) in [4.78, 5) is 28.4. The molecule has 1 aromatic carbocycles. The summed E-state index contributed by atoms with van der Waals surface area (Å²) in [7, 11) is 1.80. The molecule has 0 spiro atoms. The number of likely N-dealkylation sites (N-methyl/N-ethyl adjacent to an activating group) is 1. The third kappa shape index (κ3) is 6.73. The maximum Gasteiger partial charge on any atom is 0.416 e. The van der Waals surface area contributed by atoms with Gasteiger partial charge in [-0.15, -0.1) is 0 Å². The molecule has 0 radical (unpaired) electrons. The van der Waals surface area contributed by atoms with Gasteiger partial charge < -0.3 is 10.2 Å². The van der Waals surface area contributed by atoms with Gasteiger partial charge in [-0.25, -0.2) is 0 Å². The van der Waals surface area contributed by atoms with Gasteiger partial charge in [-0.3, -0.25) is 14.5 Å². The number of alkyl halides is 3. The topological polar surface area (TPSA) is 52.7 Å². The molecule has 2 amide bonds. The molecule has 1 heterocycles. The second-order valence-electron chi connectivity index (χ2n) is 8.63. The lowest BCUT2D eigenvalue weighted by Crippen LogP contribution is -2.49. The van der Waals surface area contributed by atoms with E-state index in [1.54, 1.807) is 11.9 Å². The molecule has 1 aliphatic rings. The summed E-state index contributed by atoms with van der Waals surface area (Å²) in [6.07, 6.45) is -2.81. The van der Waals surface area contributed by atoms with Crippen molar-refractivity contribution in [3.63, 3.8) is 0 Å². The Hall–Kier alpha value is -2.09. The molecule has 1 aliphatic heterocycles. The van der Waals surface area contributed by atoms with E-state index in [0.29, 0.717) is 13.1 Å². The number of carbonyl (C=O) groups is 2. The first-order valence-corrected chi connectivity index (χ1v) is 9.82. The van der Waals surface area contributed by atoms with Crippen molar-refractivity contribution in [3.05, 3.63) is 35.4 Å². The van der Waals surface area contributed by atoms with E-state index in [0.717, 1.165) is 38.1 Å². The first kappa shape index (κ1) is 23.2. The van der Waals surface area contributed by atoms with Crippen LogP contribution >= 0.6 is 0 Å². The van der Waals surface area contributed by atoms with Crippen molar-refractivity contribution >= 4 is 11.8 Å². The molecule has 162 valence electrons. The summed E-state index contributed by atoms with van der Waals surface area (Å²) in [5.41, 5.74) is -1.04. The third-order valence-corrected chi connectivity index (χ3v) is 5.45. The first-order chi connectivity index (χ1) is 13.4. The van der Waals surface area contributed by atoms with Crippen LogP contribution in [0.2, 0.25) is 0 Å². The largest absolute Gasteiger partial charge is 0.416 e. The average Bonchev–Trinajstić information content (AvgIpc) is 2.65. The Kier molecular flexibility index (Phi) is 7.32. The van der Waals surface area contributed by atoms with Gasteiger partial charge in [0.05, 0.1) is 12.1 Å². The zero-order valence-electron chi connectivity index (χ0n) is 17.5. The van der Waals surface area contributed by atoms with Gasteiger partial charge in [-0.2, -0.15) is 13.2 Å². The molecule has 0 bridgehead atoms. The zero-order valence-corrected chi connectivity index (χ0v) is 17.5. The molecular weight excluding hydrogens is 383 g/mol. The normalized spacial score (nSPS) is 16.5. The average molecular weight is 413 g/mol. The van der Waals surface area contributed by atoms with Crippen LogP contribution in [0.3, 0.4) is 0 Å². The number of likely N-dealkylation sites (tertiary alicyclic amines) is 1. The number of nitrogens with zero attached hydrogens (tertiary/aromatic N) is 2. The molecule has 1 aromatic rings. The lowest BCUT2D eigenvalue weighted by Gasteiger charge is -2.36. The van der Waals surface area contributed by atoms with Gasteiger partial charge in [0.25, 0.3) is 5.91 Å². The molecule has 0 aromatic heterocycles. The summed E-state index contributed by atoms with van der Waals surface area (Å²) in [6.45, 7) is 8.27. The van der Waals surface area contributed by atoms with E-state index in [9.17, 15) is 22.8 Å². The molecule has 5 nitrogen and oxygen atoms in total. The Bertz CT molecular complexity index is 721. The van der Waals surface area contributed by atoms with E-state index in [1.165, 1.54) is 12.1 Å². The van der Waals surface area contributed by atoms with Gasteiger partial charge in [0.15, 0.2) is 0 Å². The van der Waals surface area contributed by atoms with E-state index < -0.39 is 17.6 Å². The minimum absolute atomic E-state index is 0.00748. The molecule has 8 heteroatoms. The summed E-state index contributed by atoms with van der Waals surface area (Å²) >= 11 is 0. The molecule has 1 fully saturated rings. The van der Waals surface area contributed by atoms with Gasteiger partial charge in [0.1, 0.15) is 0 Å². The molecular formula is C21H30F3N3O2.